The number of nitrogens with zero attached hydrogens (tertiary/aromatic N) is 2. The van der Waals surface area contributed by atoms with E-state index in [1.54, 1.807) is 24.4 Å². The smallest absolute Gasteiger partial charge is 0.274 e. The topological polar surface area (TPSA) is 111 Å². The molecule has 0 saturated carbocycles. The molecule has 3 N–H and O–H groups in total. The molecular formula is C12H12N4O3S. The average Bonchev–Trinajstić information content (AvgIpc) is 2.76. The molecule has 0 unspecified atom stereocenters. The third kappa shape index (κ3) is 3.29. The quantitative estimate of drug-likeness (QED) is 0.662. The molecule has 0 atom stereocenters. The maximum Gasteiger partial charge on any atom is 0.274 e. The second-order valence-corrected chi connectivity index (χ2v) is 5.05. The second kappa shape index (κ2) is 5.66. The minimum Gasteiger partial charge on any atom is -0.375 e. The highest BCUT2D eigenvalue weighted by atomic mass is 32.1. The summed E-state index contributed by atoms with van der Waals surface area (Å²) in [4.78, 5) is 26.1. The van der Waals surface area contributed by atoms with E-state index in [-0.39, 0.29) is 18.0 Å². The Hall–Kier alpha value is -2.48. The number of nitro benzene ring substituents is 1. The number of rotatable bonds is 4. The Balaban J connectivity index is 2.08. The first kappa shape index (κ1) is 13.9. The van der Waals surface area contributed by atoms with Crippen LogP contribution in [-0.2, 0) is 11.2 Å². The lowest BCUT2D eigenvalue weighted by Crippen LogP contribution is -2.14. The van der Waals surface area contributed by atoms with E-state index in [1.165, 1.54) is 17.4 Å². The molecule has 0 aliphatic heterocycles. The highest BCUT2D eigenvalue weighted by Crippen LogP contribution is 2.22. The molecule has 0 spiro atoms. The van der Waals surface area contributed by atoms with Crippen LogP contribution in [0.5, 0.6) is 0 Å². The predicted molar refractivity (Wildman–Crippen MR) is 76.7 cm³/mol. The molecule has 20 heavy (non-hydrogen) atoms. The summed E-state index contributed by atoms with van der Waals surface area (Å²) in [6.07, 6.45) is 0.0787. The molecule has 1 aromatic heterocycles. The molecule has 0 fully saturated rings. The minimum absolute atomic E-state index is 0.0271. The molecule has 1 heterocycles. The minimum atomic E-state index is -0.480. The third-order valence-corrected chi connectivity index (χ3v) is 3.32. The Morgan fingerprint density at radius 3 is 2.90 bits per heavy atom. The van der Waals surface area contributed by atoms with Gasteiger partial charge >= 0.3 is 0 Å². The molecule has 1 aromatic carbocycles. The molecular weight excluding hydrogens is 280 g/mol. The van der Waals surface area contributed by atoms with E-state index in [1.807, 2.05) is 0 Å². The Morgan fingerprint density at radius 1 is 1.55 bits per heavy atom. The SMILES string of the molecule is Cc1ccc(NC(=O)Cc2csc(N)n2)cc1[N+](=O)[O-]. The number of nitrogen functional groups attached to an aromatic ring is 1. The molecule has 8 heteroatoms. The predicted octanol–water partition coefficient (Wildman–Crippen LogP) is 2.12. The number of anilines is 2. The normalized spacial score (nSPS) is 10.2. The third-order valence-electron chi connectivity index (χ3n) is 2.60. The fourth-order valence-corrected chi connectivity index (χ4v) is 2.22. The number of benzene rings is 1. The van der Waals surface area contributed by atoms with Gasteiger partial charge < -0.3 is 11.1 Å². The van der Waals surface area contributed by atoms with Crippen LogP contribution in [0.2, 0.25) is 0 Å². The van der Waals surface area contributed by atoms with Gasteiger partial charge in [-0.15, -0.1) is 11.3 Å². The Morgan fingerprint density at radius 2 is 2.30 bits per heavy atom. The van der Waals surface area contributed by atoms with Crippen molar-refractivity contribution in [3.63, 3.8) is 0 Å². The number of carbonyl (C=O) groups is 1. The lowest BCUT2D eigenvalue weighted by Gasteiger charge is -2.05. The number of nitrogens with two attached hydrogens (primary N) is 1. The van der Waals surface area contributed by atoms with Crippen LogP contribution in [0.4, 0.5) is 16.5 Å². The molecule has 1 amide bonds. The van der Waals surface area contributed by atoms with Gasteiger partial charge in [-0.1, -0.05) is 6.07 Å². The number of nitro groups is 1. The first-order valence-electron chi connectivity index (χ1n) is 5.70. The molecule has 0 saturated heterocycles. The lowest BCUT2D eigenvalue weighted by atomic mass is 10.2. The first-order valence-corrected chi connectivity index (χ1v) is 6.58. The van der Waals surface area contributed by atoms with Gasteiger partial charge in [0.1, 0.15) is 0 Å². The number of carbonyl (C=O) groups excluding carboxylic acids is 1. The maximum absolute atomic E-state index is 11.8. The van der Waals surface area contributed by atoms with Crippen LogP contribution < -0.4 is 11.1 Å². The van der Waals surface area contributed by atoms with Crippen molar-refractivity contribution >= 4 is 33.8 Å². The van der Waals surface area contributed by atoms with Gasteiger partial charge in [-0.2, -0.15) is 0 Å². The molecule has 0 bridgehead atoms. The number of hydrogen-bond donors (Lipinski definition) is 2. The second-order valence-electron chi connectivity index (χ2n) is 4.16. The van der Waals surface area contributed by atoms with Crippen molar-refractivity contribution in [1.82, 2.24) is 4.98 Å². The van der Waals surface area contributed by atoms with E-state index in [4.69, 9.17) is 5.73 Å². The van der Waals surface area contributed by atoms with Gasteiger partial charge in [-0.3, -0.25) is 14.9 Å². The molecule has 0 aliphatic carbocycles. The number of aryl methyl sites for hydroxylation is 1. The molecule has 0 radical (unpaired) electrons. The zero-order valence-corrected chi connectivity index (χ0v) is 11.4. The van der Waals surface area contributed by atoms with Gasteiger partial charge in [0.2, 0.25) is 5.91 Å². The summed E-state index contributed by atoms with van der Waals surface area (Å²) in [5, 5.41) is 15.5. The van der Waals surface area contributed by atoms with Crippen molar-refractivity contribution in [2.24, 2.45) is 0 Å². The highest BCUT2D eigenvalue weighted by Gasteiger charge is 2.13. The van der Waals surface area contributed by atoms with Gasteiger partial charge in [-0.05, 0) is 13.0 Å². The highest BCUT2D eigenvalue weighted by molar-refractivity contribution is 7.13. The van der Waals surface area contributed by atoms with Crippen LogP contribution in [0, 0.1) is 17.0 Å². The van der Waals surface area contributed by atoms with Crippen LogP contribution in [0.1, 0.15) is 11.3 Å². The average molecular weight is 292 g/mol. The van der Waals surface area contributed by atoms with Gasteiger partial charge in [0.05, 0.1) is 17.0 Å². The summed E-state index contributed by atoms with van der Waals surface area (Å²) in [6, 6.07) is 4.55. The zero-order valence-electron chi connectivity index (χ0n) is 10.6. The molecule has 2 aromatic rings. The van der Waals surface area contributed by atoms with Crippen LogP contribution in [0.25, 0.3) is 0 Å². The van der Waals surface area contributed by atoms with Crippen LogP contribution in [0.15, 0.2) is 23.6 Å². The standard InChI is InChI=1S/C12H12N4O3S/c1-7-2-3-8(4-10(7)16(18)19)14-11(17)5-9-6-20-12(13)15-9/h2-4,6H,5H2,1H3,(H2,13,15)(H,14,17). The fourth-order valence-electron chi connectivity index (χ4n) is 1.66. The number of aromatic nitrogens is 1. The summed E-state index contributed by atoms with van der Waals surface area (Å²) >= 11 is 1.26. The monoisotopic (exact) mass is 292 g/mol. The van der Waals surface area contributed by atoms with Crippen molar-refractivity contribution in [3.05, 3.63) is 45.0 Å². The summed E-state index contributed by atoms with van der Waals surface area (Å²) in [5.74, 6) is -0.298. The Kier molecular flexibility index (Phi) is 3.94. The molecule has 0 aliphatic rings. The Labute approximate surface area is 118 Å². The van der Waals surface area contributed by atoms with Gasteiger partial charge in [-0.25, -0.2) is 4.98 Å². The van der Waals surface area contributed by atoms with Crippen molar-refractivity contribution in [2.45, 2.75) is 13.3 Å². The number of amides is 1. The van der Waals surface area contributed by atoms with Gasteiger partial charge in [0.15, 0.2) is 5.13 Å². The van der Waals surface area contributed by atoms with E-state index < -0.39 is 4.92 Å². The van der Waals surface area contributed by atoms with Crippen molar-refractivity contribution in [3.8, 4) is 0 Å². The van der Waals surface area contributed by atoms with Crippen molar-refractivity contribution in [1.29, 1.82) is 0 Å². The number of hydrogen-bond acceptors (Lipinski definition) is 6. The van der Waals surface area contributed by atoms with E-state index >= 15 is 0 Å². The molecule has 7 nitrogen and oxygen atoms in total. The first-order chi connectivity index (χ1) is 9.45. The summed E-state index contributed by atoms with van der Waals surface area (Å²) in [5.41, 5.74) is 6.95. The Bertz CT molecular complexity index is 668. The van der Waals surface area contributed by atoms with Crippen LogP contribution >= 0.6 is 11.3 Å². The van der Waals surface area contributed by atoms with Crippen LogP contribution in [-0.4, -0.2) is 15.8 Å². The summed E-state index contributed by atoms with van der Waals surface area (Å²) in [7, 11) is 0. The van der Waals surface area contributed by atoms with Crippen molar-refractivity contribution < 1.29 is 9.72 Å². The van der Waals surface area contributed by atoms with Crippen molar-refractivity contribution in [2.75, 3.05) is 11.1 Å². The largest absolute Gasteiger partial charge is 0.375 e. The van der Waals surface area contributed by atoms with E-state index in [0.717, 1.165) is 0 Å². The maximum atomic E-state index is 11.8. The van der Waals surface area contributed by atoms with E-state index in [9.17, 15) is 14.9 Å². The lowest BCUT2D eigenvalue weighted by molar-refractivity contribution is -0.385. The van der Waals surface area contributed by atoms with Gasteiger partial charge in [0.25, 0.3) is 5.69 Å². The summed E-state index contributed by atoms with van der Waals surface area (Å²) in [6.45, 7) is 1.64. The fraction of sp³-hybridized carbons (Fsp3) is 0.167. The number of nitrogens with one attached hydrogen (secondary N) is 1. The van der Waals surface area contributed by atoms with Crippen LogP contribution in [0.3, 0.4) is 0 Å². The van der Waals surface area contributed by atoms with Gasteiger partial charge in [0, 0.05) is 22.7 Å². The van der Waals surface area contributed by atoms with E-state index in [2.05, 4.69) is 10.3 Å². The molecule has 2 rings (SSSR count). The van der Waals surface area contributed by atoms with E-state index in [0.29, 0.717) is 22.1 Å². The molecule has 104 valence electrons. The zero-order chi connectivity index (χ0) is 14.7. The number of thiazole rings is 1. The summed E-state index contributed by atoms with van der Waals surface area (Å²) < 4.78 is 0.